The number of benzene rings is 2. The van der Waals surface area contributed by atoms with Crippen molar-refractivity contribution < 1.29 is 18.7 Å². The predicted molar refractivity (Wildman–Crippen MR) is 116 cm³/mol. The van der Waals surface area contributed by atoms with Gasteiger partial charge in [-0.05, 0) is 56.2 Å². The summed E-state index contributed by atoms with van der Waals surface area (Å²) in [6, 6.07) is 9.47. The van der Waals surface area contributed by atoms with Crippen molar-refractivity contribution >= 4 is 17.6 Å². The fraction of sp³-hybridized carbons (Fsp3) is 0.292. The molecule has 1 aliphatic heterocycles. The lowest BCUT2D eigenvalue weighted by Gasteiger charge is -2.18. The third-order valence-electron chi connectivity index (χ3n) is 4.92. The summed E-state index contributed by atoms with van der Waals surface area (Å²) in [5.74, 6) is 0.668. The van der Waals surface area contributed by atoms with Crippen LogP contribution in [0.1, 0.15) is 48.7 Å². The number of hydrogen-bond donors (Lipinski definition) is 0. The van der Waals surface area contributed by atoms with Crippen LogP contribution in [0, 0.1) is 5.82 Å². The number of nitrogens with zero attached hydrogens (tertiary/aromatic N) is 3. The van der Waals surface area contributed by atoms with E-state index in [1.807, 2.05) is 26.8 Å². The zero-order valence-electron chi connectivity index (χ0n) is 17.8. The van der Waals surface area contributed by atoms with Crippen LogP contribution in [0.5, 0.6) is 11.5 Å². The molecule has 2 aromatic carbocycles. The molecule has 0 unspecified atom stereocenters. The van der Waals surface area contributed by atoms with Gasteiger partial charge in [0.05, 0.1) is 6.61 Å². The van der Waals surface area contributed by atoms with E-state index in [0.29, 0.717) is 41.4 Å². The molecule has 31 heavy (non-hydrogen) atoms. The normalized spacial score (nSPS) is 14.8. The Balaban J connectivity index is 1.78. The minimum Gasteiger partial charge on any atom is -0.490 e. The maximum absolute atomic E-state index is 13.6. The second-order valence-electron chi connectivity index (χ2n) is 8.10. The van der Waals surface area contributed by atoms with Gasteiger partial charge in [0.25, 0.3) is 0 Å². The Labute approximate surface area is 180 Å². The summed E-state index contributed by atoms with van der Waals surface area (Å²) < 4.78 is 26.7. The molecule has 0 saturated carbocycles. The van der Waals surface area contributed by atoms with Crippen LogP contribution >= 0.6 is 0 Å². The van der Waals surface area contributed by atoms with Gasteiger partial charge in [0, 0.05) is 17.5 Å². The Morgan fingerprint density at radius 3 is 2.74 bits per heavy atom. The van der Waals surface area contributed by atoms with Crippen molar-refractivity contribution in [3.05, 3.63) is 71.6 Å². The molecule has 1 aromatic heterocycles. The van der Waals surface area contributed by atoms with Crippen LogP contribution in [0.25, 0.3) is 11.8 Å². The molecular formula is C24H24FN3O3. The van der Waals surface area contributed by atoms with Crippen molar-refractivity contribution in [3.8, 4) is 11.5 Å². The van der Waals surface area contributed by atoms with E-state index in [1.54, 1.807) is 24.3 Å². The van der Waals surface area contributed by atoms with Gasteiger partial charge in [-0.3, -0.25) is 4.79 Å². The fourth-order valence-corrected chi connectivity index (χ4v) is 3.56. The van der Waals surface area contributed by atoms with Crippen molar-refractivity contribution in [2.45, 2.75) is 39.2 Å². The van der Waals surface area contributed by atoms with Gasteiger partial charge in [0.1, 0.15) is 29.8 Å². The molecule has 160 valence electrons. The molecule has 7 heteroatoms. The van der Waals surface area contributed by atoms with Gasteiger partial charge in [-0.25, -0.2) is 14.1 Å². The molecule has 0 atom stereocenters. The van der Waals surface area contributed by atoms with Crippen molar-refractivity contribution in [2.24, 2.45) is 0 Å². The summed E-state index contributed by atoms with van der Waals surface area (Å²) in [4.78, 5) is 17.5. The molecule has 6 nitrogen and oxygen atoms in total. The summed E-state index contributed by atoms with van der Waals surface area (Å²) in [5.41, 5.74) is 2.00. The van der Waals surface area contributed by atoms with E-state index in [-0.39, 0.29) is 17.2 Å². The molecule has 4 rings (SSSR count). The first-order valence-electron chi connectivity index (χ1n) is 10.2. The lowest BCUT2D eigenvalue weighted by atomic mass is 9.97. The lowest BCUT2D eigenvalue weighted by Crippen LogP contribution is -2.24. The van der Waals surface area contributed by atoms with E-state index in [4.69, 9.17) is 9.47 Å². The predicted octanol–water partition coefficient (Wildman–Crippen LogP) is 4.80. The zero-order chi connectivity index (χ0) is 22.0. The number of fused-ring (bicyclic) bond motifs is 1. The summed E-state index contributed by atoms with van der Waals surface area (Å²) in [7, 11) is 0. The summed E-state index contributed by atoms with van der Waals surface area (Å²) in [6.45, 7) is 6.56. The zero-order valence-corrected chi connectivity index (χ0v) is 17.8. The van der Waals surface area contributed by atoms with Crippen LogP contribution in [-0.2, 0) is 6.42 Å². The average Bonchev–Trinajstić information content (AvgIpc) is 3.37. The molecule has 0 radical (unpaired) electrons. The summed E-state index contributed by atoms with van der Waals surface area (Å²) in [6.07, 6.45) is 6.00. The first-order valence-corrected chi connectivity index (χ1v) is 10.2. The number of aromatic nitrogens is 3. The van der Waals surface area contributed by atoms with Crippen molar-refractivity contribution in [1.82, 2.24) is 14.8 Å². The molecule has 3 aromatic rings. The number of halogens is 1. The fourth-order valence-electron chi connectivity index (χ4n) is 3.56. The maximum Gasteiger partial charge on any atom is 0.211 e. The highest BCUT2D eigenvalue weighted by molar-refractivity contribution is 6.28. The van der Waals surface area contributed by atoms with Gasteiger partial charge in [-0.2, -0.15) is 5.10 Å². The van der Waals surface area contributed by atoms with Crippen LogP contribution < -0.4 is 9.47 Å². The molecule has 0 fully saturated rings. The van der Waals surface area contributed by atoms with Crippen LogP contribution in [-0.4, -0.2) is 32.8 Å². The molecule has 0 saturated heterocycles. The van der Waals surface area contributed by atoms with E-state index in [0.717, 1.165) is 12.0 Å². The Hall–Kier alpha value is -3.48. The molecule has 0 N–H and O–H groups in total. The van der Waals surface area contributed by atoms with Gasteiger partial charge >= 0.3 is 0 Å². The van der Waals surface area contributed by atoms with Crippen molar-refractivity contribution in [3.63, 3.8) is 0 Å². The van der Waals surface area contributed by atoms with E-state index in [2.05, 4.69) is 10.1 Å². The van der Waals surface area contributed by atoms with Gasteiger partial charge in [-0.1, -0.05) is 19.1 Å². The molecule has 2 heterocycles. The Bertz CT molecular complexity index is 1120. The first-order chi connectivity index (χ1) is 14.9. The number of ether oxygens (including phenoxy) is 2. The van der Waals surface area contributed by atoms with Gasteiger partial charge in [0.15, 0.2) is 11.5 Å². The number of hydrogen-bond acceptors (Lipinski definition) is 5. The van der Waals surface area contributed by atoms with E-state index in [9.17, 15) is 9.18 Å². The van der Waals surface area contributed by atoms with E-state index < -0.39 is 0 Å². The third-order valence-corrected chi connectivity index (χ3v) is 4.92. The molecule has 0 spiro atoms. The highest BCUT2D eigenvalue weighted by Crippen LogP contribution is 2.43. The van der Waals surface area contributed by atoms with Crippen LogP contribution in [0.2, 0.25) is 0 Å². The minimum atomic E-state index is -0.368. The second kappa shape index (κ2) is 8.34. The van der Waals surface area contributed by atoms with Crippen LogP contribution in [0.4, 0.5) is 4.39 Å². The summed E-state index contributed by atoms with van der Waals surface area (Å²) in [5, 5.41) is 4.13. The first kappa shape index (κ1) is 20.8. The van der Waals surface area contributed by atoms with Gasteiger partial charge < -0.3 is 9.47 Å². The Morgan fingerprint density at radius 2 is 2.06 bits per heavy atom. The van der Waals surface area contributed by atoms with Crippen LogP contribution in [0.3, 0.4) is 0 Å². The Kier molecular flexibility index (Phi) is 5.59. The van der Waals surface area contributed by atoms with Crippen molar-refractivity contribution in [2.75, 3.05) is 6.61 Å². The number of carbonyl (C=O) groups is 1. The molecule has 1 aliphatic rings. The lowest BCUT2D eigenvalue weighted by molar-refractivity contribution is 0.105. The molecule has 0 amide bonds. The molecule has 0 bridgehead atoms. The van der Waals surface area contributed by atoms with Crippen molar-refractivity contribution in [1.29, 1.82) is 0 Å². The maximum atomic E-state index is 13.6. The Morgan fingerprint density at radius 1 is 1.29 bits per heavy atom. The second-order valence-corrected chi connectivity index (χ2v) is 8.10. The largest absolute Gasteiger partial charge is 0.490 e. The monoisotopic (exact) mass is 421 g/mol. The average molecular weight is 421 g/mol. The van der Waals surface area contributed by atoms with Crippen LogP contribution in [0.15, 0.2) is 49.1 Å². The smallest absolute Gasteiger partial charge is 0.211 e. The van der Waals surface area contributed by atoms with E-state index >= 15 is 0 Å². The molecular weight excluding hydrogens is 397 g/mol. The number of Topliss-reactive ketones (excluding diaryl/α,β-unsaturated/α-hetero) is 1. The quantitative estimate of drug-likeness (QED) is 0.405. The highest BCUT2D eigenvalue weighted by atomic mass is 19.1. The summed E-state index contributed by atoms with van der Waals surface area (Å²) >= 11 is 0. The SMILES string of the molecule is CCCOc1cc(C(=O)C(=Cc2ccc(F)cc2)n2cncn2)cc2c1OC(C)(C)C2. The number of rotatable bonds is 7. The number of allylic oxidation sites excluding steroid dienone is 1. The molecule has 0 aliphatic carbocycles. The number of carbonyl (C=O) groups excluding carboxylic acids is 1. The third kappa shape index (κ3) is 4.50. The minimum absolute atomic E-state index is 0.247. The van der Waals surface area contributed by atoms with Gasteiger partial charge in [-0.15, -0.1) is 0 Å². The van der Waals surface area contributed by atoms with Gasteiger partial charge in [0.2, 0.25) is 5.78 Å². The number of ketones is 1. The topological polar surface area (TPSA) is 66.2 Å². The standard InChI is InChI=1S/C24H24FN3O3/c1-4-9-30-21-12-17(11-18-13-24(2,3)31-23(18)21)22(29)20(28-15-26-14-27-28)10-16-5-7-19(25)8-6-16/h5-8,10-12,14-15H,4,9,13H2,1-3H3. The highest BCUT2D eigenvalue weighted by Gasteiger charge is 2.34. The van der Waals surface area contributed by atoms with E-state index in [1.165, 1.54) is 29.5 Å².